The van der Waals surface area contributed by atoms with Gasteiger partial charge in [-0.2, -0.15) is 0 Å². The molecular formula is C13H15NOS2. The van der Waals surface area contributed by atoms with E-state index in [-0.39, 0.29) is 0 Å². The van der Waals surface area contributed by atoms with Gasteiger partial charge in [-0.15, -0.1) is 22.7 Å². The second kappa shape index (κ2) is 4.80. The van der Waals surface area contributed by atoms with Gasteiger partial charge < -0.3 is 9.64 Å². The molecule has 90 valence electrons. The minimum absolute atomic E-state index is 0.853. The van der Waals surface area contributed by atoms with Gasteiger partial charge in [-0.25, -0.2) is 0 Å². The van der Waals surface area contributed by atoms with E-state index in [1.54, 1.807) is 0 Å². The van der Waals surface area contributed by atoms with Crippen LogP contribution in [-0.2, 0) is 4.74 Å². The molecule has 4 heteroatoms. The molecule has 0 bridgehead atoms. The van der Waals surface area contributed by atoms with Gasteiger partial charge in [0.05, 0.1) is 18.2 Å². The van der Waals surface area contributed by atoms with Crippen molar-refractivity contribution in [3.63, 3.8) is 0 Å². The first kappa shape index (κ1) is 11.3. The van der Waals surface area contributed by atoms with Crippen molar-refractivity contribution >= 4 is 27.7 Å². The first-order valence-electron chi connectivity index (χ1n) is 5.82. The minimum atomic E-state index is 0.853. The molecule has 0 N–H and O–H groups in total. The molecule has 0 amide bonds. The molecule has 0 radical (unpaired) electrons. The third-order valence-corrected chi connectivity index (χ3v) is 5.24. The molecule has 0 aromatic carbocycles. The van der Waals surface area contributed by atoms with Gasteiger partial charge in [0.2, 0.25) is 0 Å². The highest BCUT2D eigenvalue weighted by Crippen LogP contribution is 2.37. The van der Waals surface area contributed by atoms with E-state index in [0.29, 0.717) is 0 Å². The van der Waals surface area contributed by atoms with Crippen molar-refractivity contribution in [3.05, 3.63) is 29.1 Å². The average molecular weight is 265 g/mol. The molecule has 0 unspecified atom stereocenters. The maximum atomic E-state index is 5.38. The van der Waals surface area contributed by atoms with Crippen LogP contribution in [0.4, 0.5) is 5.00 Å². The summed E-state index contributed by atoms with van der Waals surface area (Å²) in [6.07, 6.45) is 0. The standard InChI is InChI=1S/C13H15NOS2/c1-10-2-3-11(16-10)12-4-5-13(17-12)14-6-8-15-9-7-14/h2-5H,6-9H2,1H3. The van der Waals surface area contributed by atoms with Crippen LogP contribution in [0.15, 0.2) is 24.3 Å². The zero-order valence-electron chi connectivity index (χ0n) is 9.81. The van der Waals surface area contributed by atoms with E-state index in [2.05, 4.69) is 36.1 Å². The summed E-state index contributed by atoms with van der Waals surface area (Å²) in [4.78, 5) is 6.55. The number of ether oxygens (including phenoxy) is 1. The summed E-state index contributed by atoms with van der Waals surface area (Å²) in [6, 6.07) is 8.88. The van der Waals surface area contributed by atoms with Crippen LogP contribution in [-0.4, -0.2) is 26.3 Å². The molecule has 0 spiro atoms. The second-order valence-corrected chi connectivity index (χ2v) is 6.50. The van der Waals surface area contributed by atoms with E-state index in [4.69, 9.17) is 4.74 Å². The van der Waals surface area contributed by atoms with Crippen molar-refractivity contribution < 1.29 is 4.74 Å². The van der Waals surface area contributed by atoms with Crippen LogP contribution in [0, 0.1) is 6.92 Å². The van der Waals surface area contributed by atoms with Gasteiger partial charge in [-0.3, -0.25) is 0 Å². The zero-order valence-corrected chi connectivity index (χ0v) is 11.4. The van der Waals surface area contributed by atoms with Crippen LogP contribution in [0.3, 0.4) is 0 Å². The Morgan fingerprint density at radius 3 is 2.41 bits per heavy atom. The van der Waals surface area contributed by atoms with Crippen LogP contribution in [0.2, 0.25) is 0 Å². The van der Waals surface area contributed by atoms with Crippen LogP contribution in [0.1, 0.15) is 4.88 Å². The molecule has 0 aliphatic carbocycles. The molecule has 0 atom stereocenters. The molecule has 1 aliphatic heterocycles. The molecule has 1 aliphatic rings. The fourth-order valence-electron chi connectivity index (χ4n) is 1.98. The van der Waals surface area contributed by atoms with E-state index >= 15 is 0 Å². The number of aryl methyl sites for hydroxylation is 1. The molecule has 2 aromatic heterocycles. The summed E-state index contributed by atoms with van der Waals surface area (Å²) < 4.78 is 5.38. The average Bonchev–Trinajstić information content (AvgIpc) is 2.98. The number of rotatable bonds is 2. The van der Waals surface area contributed by atoms with Crippen molar-refractivity contribution in [1.82, 2.24) is 0 Å². The summed E-state index contributed by atoms with van der Waals surface area (Å²) >= 11 is 3.75. The number of morpholine rings is 1. The predicted octanol–water partition coefficient (Wildman–Crippen LogP) is 3.62. The van der Waals surface area contributed by atoms with E-state index in [9.17, 15) is 0 Å². The number of thiophene rings is 2. The Balaban J connectivity index is 1.82. The predicted molar refractivity (Wildman–Crippen MR) is 75.4 cm³/mol. The Kier molecular flexibility index (Phi) is 3.18. The van der Waals surface area contributed by atoms with Gasteiger partial charge in [-0.1, -0.05) is 0 Å². The first-order valence-corrected chi connectivity index (χ1v) is 7.45. The van der Waals surface area contributed by atoms with Gasteiger partial charge in [0, 0.05) is 27.7 Å². The maximum absolute atomic E-state index is 5.38. The highest BCUT2D eigenvalue weighted by atomic mass is 32.1. The topological polar surface area (TPSA) is 12.5 Å². The number of hydrogen-bond donors (Lipinski definition) is 0. The van der Waals surface area contributed by atoms with Crippen LogP contribution in [0.5, 0.6) is 0 Å². The lowest BCUT2D eigenvalue weighted by molar-refractivity contribution is 0.123. The Hall–Kier alpha value is -0.840. The highest BCUT2D eigenvalue weighted by Gasteiger charge is 2.14. The van der Waals surface area contributed by atoms with Crippen LogP contribution < -0.4 is 4.90 Å². The maximum Gasteiger partial charge on any atom is 0.0916 e. The number of hydrogen-bond acceptors (Lipinski definition) is 4. The minimum Gasteiger partial charge on any atom is -0.378 e. The van der Waals surface area contributed by atoms with Gasteiger partial charge in [-0.05, 0) is 31.2 Å². The molecule has 2 nitrogen and oxygen atoms in total. The van der Waals surface area contributed by atoms with E-state index in [1.165, 1.54) is 19.6 Å². The lowest BCUT2D eigenvalue weighted by atomic mass is 10.3. The van der Waals surface area contributed by atoms with E-state index < -0.39 is 0 Å². The Morgan fingerprint density at radius 2 is 1.71 bits per heavy atom. The first-order chi connectivity index (χ1) is 8.33. The summed E-state index contributed by atoms with van der Waals surface area (Å²) in [5, 5.41) is 1.37. The summed E-state index contributed by atoms with van der Waals surface area (Å²) in [5.74, 6) is 0. The largest absolute Gasteiger partial charge is 0.378 e. The molecule has 3 rings (SSSR count). The van der Waals surface area contributed by atoms with Crippen molar-refractivity contribution in [3.8, 4) is 9.75 Å². The van der Waals surface area contributed by atoms with E-state index in [0.717, 1.165) is 26.3 Å². The van der Waals surface area contributed by atoms with Gasteiger partial charge in [0.25, 0.3) is 0 Å². The van der Waals surface area contributed by atoms with Crippen molar-refractivity contribution in [2.45, 2.75) is 6.92 Å². The Bertz CT molecular complexity index is 497. The smallest absolute Gasteiger partial charge is 0.0916 e. The monoisotopic (exact) mass is 265 g/mol. The normalized spacial score (nSPS) is 16.4. The fourth-order valence-corrected chi connectivity index (χ4v) is 4.00. The molecule has 1 fully saturated rings. The Labute approximate surface area is 109 Å². The lowest BCUT2D eigenvalue weighted by Crippen LogP contribution is -2.35. The third kappa shape index (κ3) is 2.39. The molecule has 1 saturated heterocycles. The zero-order chi connectivity index (χ0) is 11.7. The second-order valence-electron chi connectivity index (χ2n) is 4.15. The van der Waals surface area contributed by atoms with Gasteiger partial charge in [0.15, 0.2) is 0 Å². The molecule has 17 heavy (non-hydrogen) atoms. The molecule has 2 aromatic rings. The van der Waals surface area contributed by atoms with Gasteiger partial charge >= 0.3 is 0 Å². The Morgan fingerprint density at radius 1 is 1.00 bits per heavy atom. The molecule has 3 heterocycles. The number of nitrogens with zero attached hydrogens (tertiary/aromatic N) is 1. The fraction of sp³-hybridized carbons (Fsp3) is 0.385. The van der Waals surface area contributed by atoms with E-state index in [1.807, 2.05) is 22.7 Å². The molecule has 0 saturated carbocycles. The van der Waals surface area contributed by atoms with Crippen molar-refractivity contribution in [2.75, 3.05) is 31.2 Å². The third-order valence-electron chi connectivity index (χ3n) is 2.90. The summed E-state index contributed by atoms with van der Waals surface area (Å²) in [7, 11) is 0. The van der Waals surface area contributed by atoms with Gasteiger partial charge in [0.1, 0.15) is 0 Å². The SMILES string of the molecule is Cc1ccc(-c2ccc(N3CCOCC3)s2)s1. The highest BCUT2D eigenvalue weighted by molar-refractivity contribution is 7.24. The lowest BCUT2D eigenvalue weighted by Gasteiger charge is -2.27. The molecular weight excluding hydrogens is 250 g/mol. The van der Waals surface area contributed by atoms with Crippen LogP contribution in [0.25, 0.3) is 9.75 Å². The number of anilines is 1. The van der Waals surface area contributed by atoms with Crippen molar-refractivity contribution in [2.24, 2.45) is 0 Å². The van der Waals surface area contributed by atoms with Crippen LogP contribution >= 0.6 is 22.7 Å². The summed E-state index contributed by atoms with van der Waals surface area (Å²) in [5.41, 5.74) is 0. The summed E-state index contributed by atoms with van der Waals surface area (Å²) in [6.45, 7) is 5.90. The quantitative estimate of drug-likeness (QED) is 0.822. The van der Waals surface area contributed by atoms with Crippen molar-refractivity contribution in [1.29, 1.82) is 0 Å².